The zero-order valence-corrected chi connectivity index (χ0v) is 12.9. The molecule has 1 aliphatic carbocycles. The SMILES string of the molecule is COCC1(CCNC(=O)c2cc(C)n(C(C)C)n2)CC1. The minimum atomic E-state index is -0.0827. The molecule has 0 unspecified atom stereocenters. The van der Waals surface area contributed by atoms with Gasteiger partial charge < -0.3 is 10.1 Å². The lowest BCUT2D eigenvalue weighted by molar-refractivity contribution is 0.0935. The van der Waals surface area contributed by atoms with Crippen LogP contribution in [-0.4, -0.2) is 35.9 Å². The Morgan fingerprint density at radius 3 is 2.75 bits per heavy atom. The third-order valence-corrected chi connectivity index (χ3v) is 3.99. The molecule has 1 amide bonds. The number of carbonyl (C=O) groups is 1. The van der Waals surface area contributed by atoms with Gasteiger partial charge in [0.25, 0.3) is 5.91 Å². The fraction of sp³-hybridized carbons (Fsp3) is 0.733. The van der Waals surface area contributed by atoms with Crippen LogP contribution < -0.4 is 5.32 Å². The van der Waals surface area contributed by atoms with E-state index in [0.717, 1.165) is 18.7 Å². The number of aromatic nitrogens is 2. The van der Waals surface area contributed by atoms with Crippen LogP contribution >= 0.6 is 0 Å². The molecule has 20 heavy (non-hydrogen) atoms. The van der Waals surface area contributed by atoms with Gasteiger partial charge in [-0.05, 0) is 51.5 Å². The van der Waals surface area contributed by atoms with Crippen LogP contribution in [0.25, 0.3) is 0 Å². The molecule has 1 aromatic heterocycles. The van der Waals surface area contributed by atoms with Crippen molar-refractivity contribution in [2.24, 2.45) is 5.41 Å². The summed E-state index contributed by atoms with van der Waals surface area (Å²) in [7, 11) is 1.74. The van der Waals surface area contributed by atoms with Crippen LogP contribution in [0.2, 0.25) is 0 Å². The zero-order valence-electron chi connectivity index (χ0n) is 12.9. The third kappa shape index (κ3) is 3.39. The number of hydrogen-bond donors (Lipinski definition) is 1. The third-order valence-electron chi connectivity index (χ3n) is 3.99. The van der Waals surface area contributed by atoms with Gasteiger partial charge in [0.15, 0.2) is 0 Å². The lowest BCUT2D eigenvalue weighted by Gasteiger charge is -2.13. The van der Waals surface area contributed by atoms with Crippen molar-refractivity contribution in [3.63, 3.8) is 0 Å². The average molecular weight is 279 g/mol. The number of ether oxygens (including phenoxy) is 1. The van der Waals surface area contributed by atoms with Crippen molar-refractivity contribution in [3.8, 4) is 0 Å². The predicted molar refractivity (Wildman–Crippen MR) is 77.8 cm³/mol. The largest absolute Gasteiger partial charge is 0.384 e. The minimum absolute atomic E-state index is 0.0827. The first-order valence-corrected chi connectivity index (χ1v) is 7.31. The second-order valence-corrected chi connectivity index (χ2v) is 6.15. The van der Waals surface area contributed by atoms with Crippen LogP contribution in [0.15, 0.2) is 6.07 Å². The van der Waals surface area contributed by atoms with E-state index in [4.69, 9.17) is 4.74 Å². The summed E-state index contributed by atoms with van der Waals surface area (Å²) in [6.07, 6.45) is 3.39. The van der Waals surface area contributed by atoms with Gasteiger partial charge in [-0.25, -0.2) is 0 Å². The van der Waals surface area contributed by atoms with Crippen LogP contribution in [0, 0.1) is 12.3 Å². The van der Waals surface area contributed by atoms with Crippen molar-refractivity contribution in [1.29, 1.82) is 0 Å². The molecule has 5 nitrogen and oxygen atoms in total. The summed E-state index contributed by atoms with van der Waals surface area (Å²) in [4.78, 5) is 12.1. The van der Waals surface area contributed by atoms with E-state index in [1.54, 1.807) is 7.11 Å². The number of rotatable bonds is 7. The van der Waals surface area contributed by atoms with Crippen molar-refractivity contribution in [3.05, 3.63) is 17.5 Å². The van der Waals surface area contributed by atoms with E-state index in [1.807, 2.05) is 17.7 Å². The Morgan fingerprint density at radius 1 is 1.55 bits per heavy atom. The molecule has 1 saturated carbocycles. The second kappa shape index (κ2) is 5.95. The zero-order chi connectivity index (χ0) is 14.8. The monoisotopic (exact) mass is 279 g/mol. The fourth-order valence-corrected chi connectivity index (χ4v) is 2.60. The molecule has 0 atom stereocenters. The van der Waals surface area contributed by atoms with Crippen LogP contribution in [0.1, 0.15) is 55.3 Å². The Morgan fingerprint density at radius 2 is 2.25 bits per heavy atom. The number of nitrogens with one attached hydrogen (secondary N) is 1. The highest BCUT2D eigenvalue weighted by molar-refractivity contribution is 5.92. The van der Waals surface area contributed by atoms with Crippen molar-refractivity contribution in [2.75, 3.05) is 20.3 Å². The molecule has 5 heteroatoms. The maximum atomic E-state index is 12.1. The van der Waals surface area contributed by atoms with Gasteiger partial charge in [0, 0.05) is 25.4 Å². The van der Waals surface area contributed by atoms with Crippen molar-refractivity contribution in [1.82, 2.24) is 15.1 Å². The van der Waals surface area contributed by atoms with Gasteiger partial charge in [0.05, 0.1) is 6.61 Å². The molecule has 1 fully saturated rings. The van der Waals surface area contributed by atoms with Crippen LogP contribution in [0.5, 0.6) is 0 Å². The Labute approximate surface area is 120 Å². The van der Waals surface area contributed by atoms with Gasteiger partial charge in [0.1, 0.15) is 5.69 Å². The van der Waals surface area contributed by atoms with E-state index in [0.29, 0.717) is 17.7 Å². The fourth-order valence-electron chi connectivity index (χ4n) is 2.60. The maximum Gasteiger partial charge on any atom is 0.271 e. The van der Waals surface area contributed by atoms with Gasteiger partial charge in [-0.1, -0.05) is 0 Å². The number of nitrogens with zero attached hydrogens (tertiary/aromatic N) is 2. The molecule has 0 saturated heterocycles. The molecular formula is C15H25N3O2. The average Bonchev–Trinajstić information content (AvgIpc) is 3.02. The van der Waals surface area contributed by atoms with Gasteiger partial charge >= 0.3 is 0 Å². The summed E-state index contributed by atoms with van der Waals surface area (Å²) in [5.41, 5.74) is 1.84. The van der Waals surface area contributed by atoms with Crippen LogP contribution in [-0.2, 0) is 4.74 Å². The summed E-state index contributed by atoms with van der Waals surface area (Å²) in [6.45, 7) is 7.58. The molecule has 2 rings (SSSR count). The molecule has 0 aliphatic heterocycles. The Hall–Kier alpha value is -1.36. The molecule has 112 valence electrons. The maximum absolute atomic E-state index is 12.1. The predicted octanol–water partition coefficient (Wildman–Crippen LogP) is 2.32. The normalized spacial score (nSPS) is 16.4. The first-order chi connectivity index (χ1) is 9.47. The van der Waals surface area contributed by atoms with E-state index in [-0.39, 0.29) is 11.9 Å². The van der Waals surface area contributed by atoms with Crippen LogP contribution in [0.3, 0.4) is 0 Å². The van der Waals surface area contributed by atoms with Crippen LogP contribution in [0.4, 0.5) is 0 Å². The molecule has 1 aromatic rings. The van der Waals surface area contributed by atoms with E-state index in [1.165, 1.54) is 12.8 Å². The topological polar surface area (TPSA) is 56.1 Å². The summed E-state index contributed by atoms with van der Waals surface area (Å²) in [6, 6.07) is 2.12. The molecule has 1 aliphatic rings. The Balaban J connectivity index is 1.84. The molecular weight excluding hydrogens is 254 g/mol. The highest BCUT2D eigenvalue weighted by Crippen LogP contribution is 2.48. The second-order valence-electron chi connectivity index (χ2n) is 6.15. The summed E-state index contributed by atoms with van der Waals surface area (Å²) in [5, 5.41) is 7.32. The smallest absolute Gasteiger partial charge is 0.271 e. The number of carbonyl (C=O) groups excluding carboxylic acids is 1. The summed E-state index contributed by atoms with van der Waals surface area (Å²) < 4.78 is 7.11. The van der Waals surface area contributed by atoms with Crippen molar-refractivity contribution < 1.29 is 9.53 Å². The molecule has 0 bridgehead atoms. The summed E-state index contributed by atoms with van der Waals surface area (Å²) >= 11 is 0. The number of methoxy groups -OCH3 is 1. The Bertz CT molecular complexity index is 475. The quantitative estimate of drug-likeness (QED) is 0.833. The van der Waals surface area contributed by atoms with Gasteiger partial charge in [-0.3, -0.25) is 9.48 Å². The standard InChI is InChI=1S/C15H25N3O2/c1-11(2)18-12(3)9-13(17-18)14(19)16-8-7-15(5-6-15)10-20-4/h9,11H,5-8,10H2,1-4H3,(H,16,19). The Kier molecular flexibility index (Phi) is 4.48. The van der Waals surface area contributed by atoms with Gasteiger partial charge in [-0.15, -0.1) is 0 Å². The van der Waals surface area contributed by atoms with Gasteiger partial charge in [0.2, 0.25) is 0 Å². The van der Waals surface area contributed by atoms with E-state index < -0.39 is 0 Å². The number of amides is 1. The molecule has 1 N–H and O–H groups in total. The minimum Gasteiger partial charge on any atom is -0.384 e. The first-order valence-electron chi connectivity index (χ1n) is 7.31. The summed E-state index contributed by atoms with van der Waals surface area (Å²) in [5.74, 6) is -0.0827. The molecule has 0 spiro atoms. The lowest BCUT2D eigenvalue weighted by atomic mass is 10.0. The molecule has 0 aromatic carbocycles. The lowest BCUT2D eigenvalue weighted by Crippen LogP contribution is -2.27. The van der Waals surface area contributed by atoms with Gasteiger partial charge in [-0.2, -0.15) is 5.10 Å². The number of aryl methyl sites for hydroxylation is 1. The highest BCUT2D eigenvalue weighted by atomic mass is 16.5. The van der Waals surface area contributed by atoms with E-state index in [9.17, 15) is 4.79 Å². The highest BCUT2D eigenvalue weighted by Gasteiger charge is 2.41. The molecule has 1 heterocycles. The van der Waals surface area contributed by atoms with E-state index in [2.05, 4.69) is 24.3 Å². The molecule has 0 radical (unpaired) electrons. The van der Waals surface area contributed by atoms with Crippen molar-refractivity contribution >= 4 is 5.91 Å². The van der Waals surface area contributed by atoms with E-state index >= 15 is 0 Å². The van der Waals surface area contributed by atoms with Crippen molar-refractivity contribution in [2.45, 2.75) is 46.1 Å². The first kappa shape index (κ1) is 15.0. The number of hydrogen-bond acceptors (Lipinski definition) is 3.